The van der Waals surface area contributed by atoms with Crippen LogP contribution in [0.4, 0.5) is 0 Å². The van der Waals surface area contributed by atoms with Crippen molar-refractivity contribution in [3.8, 4) is 0 Å². The number of amides is 1. The summed E-state index contributed by atoms with van der Waals surface area (Å²) in [6.07, 6.45) is 3.33. The monoisotopic (exact) mass is 361 g/mol. The van der Waals surface area contributed by atoms with Crippen LogP contribution in [-0.4, -0.2) is 30.4 Å². The molecule has 4 nitrogen and oxygen atoms in total. The molecule has 1 heterocycles. The fourth-order valence-electron chi connectivity index (χ4n) is 2.30. The molecule has 0 fully saturated rings. The van der Waals surface area contributed by atoms with Crippen molar-refractivity contribution in [3.05, 3.63) is 63.8 Å². The van der Waals surface area contributed by atoms with Gasteiger partial charge in [-0.3, -0.25) is 4.79 Å². The van der Waals surface area contributed by atoms with E-state index in [0.717, 1.165) is 10.0 Å². The van der Waals surface area contributed by atoms with Gasteiger partial charge in [-0.25, -0.2) is 4.79 Å². The molecule has 0 saturated heterocycles. The summed E-state index contributed by atoms with van der Waals surface area (Å²) in [6.45, 7) is 5.73. The molecule has 0 unspecified atom stereocenters. The fourth-order valence-corrected chi connectivity index (χ4v) is 2.57. The highest BCUT2D eigenvalue weighted by Gasteiger charge is 2.36. The Balaban J connectivity index is 2.52. The molecule has 1 aromatic carbocycles. The predicted molar refractivity (Wildman–Crippen MR) is 88.7 cm³/mol. The van der Waals surface area contributed by atoms with E-state index in [9.17, 15) is 9.59 Å². The van der Waals surface area contributed by atoms with Gasteiger partial charge in [0.1, 0.15) is 0 Å². The van der Waals surface area contributed by atoms with Gasteiger partial charge in [0.25, 0.3) is 5.91 Å². The Morgan fingerprint density at radius 1 is 1.36 bits per heavy atom. The van der Waals surface area contributed by atoms with Gasteiger partial charge in [-0.05, 0) is 30.7 Å². The second-order valence-electron chi connectivity index (χ2n) is 4.77. The van der Waals surface area contributed by atoms with Crippen LogP contribution in [0.25, 0.3) is 6.08 Å². The number of allylic oxidation sites excluding steroid dienone is 1. The number of esters is 1. The van der Waals surface area contributed by atoms with Crippen LogP contribution < -0.4 is 0 Å². The molecule has 0 radical (unpaired) electrons. The Labute approximate surface area is 137 Å². The minimum Gasteiger partial charge on any atom is -0.465 e. The van der Waals surface area contributed by atoms with E-state index in [0.29, 0.717) is 23.4 Å². The standard InChI is InChI=1S/C17H16BrNO3/c1-4-9-19-11(2)15(17(21)22-3)14(16(19)20)10-12-5-7-13(18)8-6-12/h4-8,10H,1,9H2,2-3H3/b14-10-. The summed E-state index contributed by atoms with van der Waals surface area (Å²) in [5.74, 6) is -0.735. The van der Waals surface area contributed by atoms with E-state index in [1.54, 1.807) is 19.1 Å². The molecule has 1 amide bonds. The molecule has 0 aromatic heterocycles. The third kappa shape index (κ3) is 3.04. The minimum absolute atomic E-state index is 0.222. The van der Waals surface area contributed by atoms with Crippen molar-refractivity contribution in [1.82, 2.24) is 4.90 Å². The number of benzene rings is 1. The molecule has 0 spiro atoms. The molecular weight excluding hydrogens is 346 g/mol. The van der Waals surface area contributed by atoms with Gasteiger partial charge in [-0.15, -0.1) is 6.58 Å². The minimum atomic E-state index is -0.513. The number of methoxy groups -OCH3 is 1. The number of hydrogen-bond donors (Lipinski definition) is 0. The molecular formula is C17H16BrNO3. The van der Waals surface area contributed by atoms with E-state index in [1.807, 2.05) is 24.3 Å². The number of rotatable bonds is 4. The Bertz CT molecular complexity index is 686. The van der Waals surface area contributed by atoms with Crippen LogP contribution in [0.15, 0.2) is 58.2 Å². The van der Waals surface area contributed by atoms with E-state index >= 15 is 0 Å². The molecule has 0 atom stereocenters. The van der Waals surface area contributed by atoms with Crippen molar-refractivity contribution < 1.29 is 14.3 Å². The highest BCUT2D eigenvalue weighted by atomic mass is 79.9. The molecule has 22 heavy (non-hydrogen) atoms. The van der Waals surface area contributed by atoms with Gasteiger partial charge in [0.2, 0.25) is 0 Å². The van der Waals surface area contributed by atoms with Gasteiger partial charge in [-0.1, -0.05) is 34.1 Å². The SMILES string of the molecule is C=CCN1C(=O)/C(=C\c2ccc(Br)cc2)C(C(=O)OC)=C1C. The van der Waals surface area contributed by atoms with Crippen molar-refractivity contribution in [3.63, 3.8) is 0 Å². The summed E-state index contributed by atoms with van der Waals surface area (Å²) in [7, 11) is 1.31. The van der Waals surface area contributed by atoms with Gasteiger partial charge >= 0.3 is 5.97 Å². The Kier molecular flexibility index (Phi) is 4.98. The van der Waals surface area contributed by atoms with Crippen molar-refractivity contribution in [2.75, 3.05) is 13.7 Å². The summed E-state index contributed by atoms with van der Waals surface area (Å²) in [6, 6.07) is 7.49. The molecule has 1 aliphatic rings. The van der Waals surface area contributed by atoms with Crippen LogP contribution in [0.2, 0.25) is 0 Å². The summed E-state index contributed by atoms with van der Waals surface area (Å²) < 4.78 is 5.76. The molecule has 0 N–H and O–H groups in total. The third-order valence-electron chi connectivity index (χ3n) is 3.39. The lowest BCUT2D eigenvalue weighted by Gasteiger charge is -2.14. The number of nitrogens with zero attached hydrogens (tertiary/aromatic N) is 1. The van der Waals surface area contributed by atoms with E-state index in [1.165, 1.54) is 12.0 Å². The van der Waals surface area contributed by atoms with Crippen LogP contribution >= 0.6 is 15.9 Å². The Hall–Kier alpha value is -2.14. The first kappa shape index (κ1) is 16.2. The van der Waals surface area contributed by atoms with Crippen LogP contribution in [0.3, 0.4) is 0 Å². The second-order valence-corrected chi connectivity index (χ2v) is 5.68. The van der Waals surface area contributed by atoms with Crippen LogP contribution in [0.1, 0.15) is 12.5 Å². The van der Waals surface area contributed by atoms with Gasteiger partial charge in [0.05, 0.1) is 18.3 Å². The zero-order valence-electron chi connectivity index (χ0n) is 12.4. The van der Waals surface area contributed by atoms with Crippen LogP contribution in [0.5, 0.6) is 0 Å². The van der Waals surface area contributed by atoms with Gasteiger partial charge in [0, 0.05) is 16.7 Å². The van der Waals surface area contributed by atoms with Crippen molar-refractivity contribution in [1.29, 1.82) is 0 Å². The van der Waals surface area contributed by atoms with Gasteiger partial charge < -0.3 is 9.64 Å². The molecule has 0 saturated carbocycles. The van der Waals surface area contributed by atoms with E-state index in [2.05, 4.69) is 22.5 Å². The lowest BCUT2D eigenvalue weighted by Crippen LogP contribution is -2.24. The fraction of sp³-hybridized carbons (Fsp3) is 0.176. The van der Waals surface area contributed by atoms with Crippen LogP contribution in [0, 0.1) is 0 Å². The zero-order valence-corrected chi connectivity index (χ0v) is 14.0. The topological polar surface area (TPSA) is 46.6 Å². The normalized spacial score (nSPS) is 16.4. The average molecular weight is 362 g/mol. The number of ether oxygens (including phenoxy) is 1. The van der Waals surface area contributed by atoms with Gasteiger partial charge in [0.15, 0.2) is 0 Å². The Morgan fingerprint density at radius 3 is 2.55 bits per heavy atom. The lowest BCUT2D eigenvalue weighted by molar-refractivity contribution is -0.136. The molecule has 0 bridgehead atoms. The largest absolute Gasteiger partial charge is 0.465 e. The Morgan fingerprint density at radius 2 is 2.00 bits per heavy atom. The van der Waals surface area contributed by atoms with Crippen molar-refractivity contribution in [2.24, 2.45) is 0 Å². The first-order chi connectivity index (χ1) is 10.5. The smallest absolute Gasteiger partial charge is 0.340 e. The molecule has 0 aliphatic carbocycles. The first-order valence-corrected chi connectivity index (χ1v) is 7.48. The maximum absolute atomic E-state index is 12.6. The van der Waals surface area contributed by atoms with E-state index in [-0.39, 0.29) is 5.91 Å². The average Bonchev–Trinajstić information content (AvgIpc) is 2.74. The zero-order chi connectivity index (χ0) is 16.3. The maximum atomic E-state index is 12.6. The number of carbonyl (C=O) groups excluding carboxylic acids is 2. The molecule has 114 valence electrons. The first-order valence-electron chi connectivity index (χ1n) is 6.69. The number of hydrogen-bond acceptors (Lipinski definition) is 3. The van der Waals surface area contributed by atoms with Crippen molar-refractivity contribution in [2.45, 2.75) is 6.92 Å². The molecule has 1 aliphatic heterocycles. The second kappa shape index (κ2) is 6.75. The molecule has 5 heteroatoms. The summed E-state index contributed by atoms with van der Waals surface area (Å²) in [4.78, 5) is 26.1. The summed E-state index contributed by atoms with van der Waals surface area (Å²) in [5.41, 5.74) is 2.06. The summed E-state index contributed by atoms with van der Waals surface area (Å²) in [5, 5.41) is 0. The third-order valence-corrected chi connectivity index (χ3v) is 3.92. The van der Waals surface area contributed by atoms with Crippen LogP contribution in [-0.2, 0) is 14.3 Å². The highest BCUT2D eigenvalue weighted by molar-refractivity contribution is 9.10. The highest BCUT2D eigenvalue weighted by Crippen LogP contribution is 2.31. The maximum Gasteiger partial charge on any atom is 0.340 e. The number of halogens is 1. The summed E-state index contributed by atoms with van der Waals surface area (Å²) >= 11 is 3.37. The number of carbonyl (C=O) groups is 2. The van der Waals surface area contributed by atoms with E-state index < -0.39 is 5.97 Å². The van der Waals surface area contributed by atoms with Gasteiger partial charge in [-0.2, -0.15) is 0 Å². The van der Waals surface area contributed by atoms with E-state index in [4.69, 9.17) is 4.74 Å². The quantitative estimate of drug-likeness (QED) is 0.469. The molecule has 1 aromatic rings. The predicted octanol–water partition coefficient (Wildman–Crippen LogP) is 3.31. The lowest BCUT2D eigenvalue weighted by atomic mass is 10.0. The van der Waals surface area contributed by atoms with Crippen molar-refractivity contribution >= 4 is 33.9 Å². The molecule has 2 rings (SSSR count).